The molecule has 0 radical (unpaired) electrons. The maximum Gasteiger partial charge on any atom is 0.131 e. The summed E-state index contributed by atoms with van der Waals surface area (Å²) in [5, 5.41) is 3.20. The molecule has 1 aromatic heterocycles. The molecular weight excluding hydrogens is 190 g/mol. The van der Waals surface area contributed by atoms with Gasteiger partial charge in [-0.25, -0.2) is 9.97 Å². The predicted octanol–water partition coefficient (Wildman–Crippen LogP) is 2.01. The molecule has 84 valence electrons. The SMILES string of the molecule is CCCc1nc(COC)cc(NCC)n1. The van der Waals surface area contributed by atoms with Gasteiger partial charge in [-0.1, -0.05) is 6.92 Å². The summed E-state index contributed by atoms with van der Waals surface area (Å²) in [6.07, 6.45) is 1.97. The minimum Gasteiger partial charge on any atom is -0.378 e. The lowest BCUT2D eigenvalue weighted by Gasteiger charge is -2.07. The van der Waals surface area contributed by atoms with Crippen molar-refractivity contribution < 1.29 is 4.74 Å². The van der Waals surface area contributed by atoms with Crippen LogP contribution in [0, 0.1) is 0 Å². The third-order valence-corrected chi connectivity index (χ3v) is 1.95. The van der Waals surface area contributed by atoms with Gasteiger partial charge >= 0.3 is 0 Å². The highest BCUT2D eigenvalue weighted by atomic mass is 16.5. The van der Waals surface area contributed by atoms with Crippen LogP contribution in [0.5, 0.6) is 0 Å². The Kier molecular flexibility index (Phi) is 5.04. The van der Waals surface area contributed by atoms with Crippen molar-refractivity contribution >= 4 is 5.82 Å². The van der Waals surface area contributed by atoms with Gasteiger partial charge in [-0.2, -0.15) is 0 Å². The number of aryl methyl sites for hydroxylation is 1. The first-order valence-electron chi connectivity index (χ1n) is 5.39. The summed E-state index contributed by atoms with van der Waals surface area (Å²) in [7, 11) is 1.68. The van der Waals surface area contributed by atoms with Crippen molar-refractivity contribution in [2.24, 2.45) is 0 Å². The van der Waals surface area contributed by atoms with Crippen molar-refractivity contribution in [2.45, 2.75) is 33.3 Å². The molecule has 0 aliphatic carbocycles. The Morgan fingerprint density at radius 3 is 2.73 bits per heavy atom. The second kappa shape index (κ2) is 6.35. The fourth-order valence-electron chi connectivity index (χ4n) is 1.38. The van der Waals surface area contributed by atoms with Crippen molar-refractivity contribution in [3.05, 3.63) is 17.6 Å². The van der Waals surface area contributed by atoms with E-state index in [0.717, 1.165) is 36.7 Å². The molecule has 1 heterocycles. The van der Waals surface area contributed by atoms with Gasteiger partial charge < -0.3 is 10.1 Å². The topological polar surface area (TPSA) is 47.0 Å². The molecule has 1 N–H and O–H groups in total. The zero-order valence-electron chi connectivity index (χ0n) is 9.71. The van der Waals surface area contributed by atoms with Crippen LogP contribution >= 0.6 is 0 Å². The second-order valence-corrected chi connectivity index (χ2v) is 3.37. The minimum atomic E-state index is 0.539. The molecule has 0 unspecified atom stereocenters. The van der Waals surface area contributed by atoms with Crippen LogP contribution in [0.1, 0.15) is 31.8 Å². The van der Waals surface area contributed by atoms with E-state index in [0.29, 0.717) is 6.61 Å². The molecule has 1 aromatic rings. The van der Waals surface area contributed by atoms with E-state index in [2.05, 4.69) is 29.1 Å². The Morgan fingerprint density at radius 1 is 1.33 bits per heavy atom. The van der Waals surface area contributed by atoms with Gasteiger partial charge in [0, 0.05) is 26.1 Å². The van der Waals surface area contributed by atoms with E-state index in [4.69, 9.17) is 4.74 Å². The van der Waals surface area contributed by atoms with Gasteiger partial charge in [0.15, 0.2) is 0 Å². The smallest absolute Gasteiger partial charge is 0.131 e. The molecule has 15 heavy (non-hydrogen) atoms. The van der Waals surface area contributed by atoms with Crippen LogP contribution < -0.4 is 5.32 Å². The van der Waals surface area contributed by atoms with Crippen LogP contribution in [0.2, 0.25) is 0 Å². The first-order chi connectivity index (χ1) is 7.30. The fourth-order valence-corrected chi connectivity index (χ4v) is 1.38. The standard InChI is InChI=1S/C11H19N3O/c1-4-6-10-13-9(8-15-3)7-11(14-10)12-5-2/h7H,4-6,8H2,1-3H3,(H,12,13,14). The molecule has 1 rings (SSSR count). The number of anilines is 1. The van der Waals surface area contributed by atoms with Crippen LogP contribution in [0.15, 0.2) is 6.07 Å². The first-order valence-corrected chi connectivity index (χ1v) is 5.39. The average Bonchev–Trinajstić information content (AvgIpc) is 2.19. The lowest BCUT2D eigenvalue weighted by molar-refractivity contribution is 0.181. The van der Waals surface area contributed by atoms with Crippen molar-refractivity contribution in [3.63, 3.8) is 0 Å². The average molecular weight is 209 g/mol. The first kappa shape index (κ1) is 11.9. The Balaban J connectivity index is 2.86. The van der Waals surface area contributed by atoms with Gasteiger partial charge in [-0.05, 0) is 13.3 Å². The monoisotopic (exact) mass is 209 g/mol. The normalized spacial score (nSPS) is 10.3. The van der Waals surface area contributed by atoms with E-state index >= 15 is 0 Å². The van der Waals surface area contributed by atoms with E-state index in [1.54, 1.807) is 7.11 Å². The highest BCUT2D eigenvalue weighted by molar-refractivity contribution is 5.35. The Morgan fingerprint density at radius 2 is 2.13 bits per heavy atom. The van der Waals surface area contributed by atoms with Crippen LogP contribution in [0.3, 0.4) is 0 Å². The minimum absolute atomic E-state index is 0.539. The van der Waals surface area contributed by atoms with Crippen molar-refractivity contribution in [2.75, 3.05) is 19.0 Å². The van der Waals surface area contributed by atoms with Crippen LogP contribution in [-0.2, 0) is 17.8 Å². The molecule has 0 aliphatic heterocycles. The lowest BCUT2D eigenvalue weighted by Crippen LogP contribution is -2.06. The summed E-state index contributed by atoms with van der Waals surface area (Å²) in [6.45, 7) is 5.59. The molecule has 0 atom stereocenters. The molecule has 0 saturated heterocycles. The molecule has 0 bridgehead atoms. The number of nitrogens with zero attached hydrogens (tertiary/aromatic N) is 2. The van der Waals surface area contributed by atoms with Gasteiger partial charge in [0.1, 0.15) is 11.6 Å². The van der Waals surface area contributed by atoms with Crippen molar-refractivity contribution in [1.29, 1.82) is 0 Å². The van der Waals surface area contributed by atoms with E-state index < -0.39 is 0 Å². The van der Waals surface area contributed by atoms with Crippen LogP contribution in [-0.4, -0.2) is 23.6 Å². The van der Waals surface area contributed by atoms with E-state index in [9.17, 15) is 0 Å². The number of nitrogens with one attached hydrogen (secondary N) is 1. The number of hydrogen-bond acceptors (Lipinski definition) is 4. The van der Waals surface area contributed by atoms with Crippen LogP contribution in [0.4, 0.5) is 5.82 Å². The maximum atomic E-state index is 5.08. The molecule has 0 fully saturated rings. The predicted molar refractivity (Wildman–Crippen MR) is 60.9 cm³/mol. The lowest BCUT2D eigenvalue weighted by atomic mass is 10.3. The van der Waals surface area contributed by atoms with Crippen molar-refractivity contribution in [3.8, 4) is 0 Å². The number of hydrogen-bond donors (Lipinski definition) is 1. The molecule has 0 spiro atoms. The number of aromatic nitrogens is 2. The highest BCUT2D eigenvalue weighted by Gasteiger charge is 2.03. The molecule has 0 aliphatic rings. The largest absolute Gasteiger partial charge is 0.378 e. The molecule has 4 nitrogen and oxygen atoms in total. The van der Waals surface area contributed by atoms with Gasteiger partial charge in [0.2, 0.25) is 0 Å². The molecular formula is C11H19N3O. The third kappa shape index (κ3) is 3.83. The molecule has 4 heteroatoms. The van der Waals surface area contributed by atoms with Gasteiger partial charge in [0.25, 0.3) is 0 Å². The Labute approximate surface area is 91.1 Å². The zero-order chi connectivity index (χ0) is 11.1. The fraction of sp³-hybridized carbons (Fsp3) is 0.636. The van der Waals surface area contributed by atoms with Gasteiger partial charge in [0.05, 0.1) is 12.3 Å². The molecule has 0 saturated carbocycles. The van der Waals surface area contributed by atoms with E-state index in [1.807, 2.05) is 6.07 Å². The number of methoxy groups -OCH3 is 1. The van der Waals surface area contributed by atoms with Gasteiger partial charge in [-0.15, -0.1) is 0 Å². The Bertz CT molecular complexity index is 242. The third-order valence-electron chi connectivity index (χ3n) is 1.95. The summed E-state index contributed by atoms with van der Waals surface area (Å²) in [5.74, 6) is 1.78. The summed E-state index contributed by atoms with van der Waals surface area (Å²) in [5.41, 5.74) is 0.937. The highest BCUT2D eigenvalue weighted by Crippen LogP contribution is 2.09. The quantitative estimate of drug-likeness (QED) is 0.778. The maximum absolute atomic E-state index is 5.08. The van der Waals surface area contributed by atoms with Gasteiger partial charge in [-0.3, -0.25) is 0 Å². The summed E-state index contributed by atoms with van der Waals surface area (Å²) >= 11 is 0. The molecule has 0 amide bonds. The van der Waals surface area contributed by atoms with Crippen LogP contribution in [0.25, 0.3) is 0 Å². The number of ether oxygens (including phenoxy) is 1. The number of rotatable bonds is 6. The molecule has 0 aromatic carbocycles. The summed E-state index contributed by atoms with van der Waals surface area (Å²) in [4.78, 5) is 8.84. The summed E-state index contributed by atoms with van der Waals surface area (Å²) < 4.78 is 5.08. The summed E-state index contributed by atoms with van der Waals surface area (Å²) in [6, 6.07) is 1.94. The van der Waals surface area contributed by atoms with E-state index in [-0.39, 0.29) is 0 Å². The second-order valence-electron chi connectivity index (χ2n) is 3.37. The Hall–Kier alpha value is -1.16. The van der Waals surface area contributed by atoms with E-state index in [1.165, 1.54) is 0 Å². The zero-order valence-corrected chi connectivity index (χ0v) is 9.71. The van der Waals surface area contributed by atoms with Crippen molar-refractivity contribution in [1.82, 2.24) is 9.97 Å².